The number of hydrogen-bond donors (Lipinski definition) is 3. The minimum atomic E-state index is -0.660. The zero-order valence-corrected chi connectivity index (χ0v) is 26.8. The third-order valence-electron chi connectivity index (χ3n) is 7.29. The van der Waals surface area contributed by atoms with Crippen LogP contribution in [0.15, 0.2) is 60.8 Å². The Hall–Kier alpha value is -4.48. The van der Waals surface area contributed by atoms with E-state index in [2.05, 4.69) is 25.8 Å². The first-order valence-electron chi connectivity index (χ1n) is 15.3. The topological polar surface area (TPSA) is 125 Å². The molecular formula is C34H44N6O5. The number of carbonyl (C=O) groups excluding carboxylic acids is 3. The molecule has 0 atom stereocenters. The molecule has 1 fully saturated rings. The largest absolute Gasteiger partial charge is 0.444 e. The van der Waals surface area contributed by atoms with Crippen molar-refractivity contribution >= 4 is 35.1 Å². The van der Waals surface area contributed by atoms with Crippen LogP contribution >= 0.6 is 0 Å². The van der Waals surface area contributed by atoms with E-state index in [1.165, 1.54) is 0 Å². The maximum absolute atomic E-state index is 13.4. The van der Waals surface area contributed by atoms with E-state index in [9.17, 15) is 14.4 Å². The third kappa shape index (κ3) is 10.6. The van der Waals surface area contributed by atoms with Gasteiger partial charge in [-0.3, -0.25) is 20.0 Å². The smallest absolute Gasteiger partial charge is 0.412 e. The van der Waals surface area contributed by atoms with Gasteiger partial charge in [-0.25, -0.2) is 9.59 Å². The Kier molecular flexibility index (Phi) is 11.5. The van der Waals surface area contributed by atoms with Crippen LogP contribution in [0.3, 0.4) is 0 Å². The molecule has 2 aromatic carbocycles. The van der Waals surface area contributed by atoms with Gasteiger partial charge in [-0.1, -0.05) is 24.3 Å². The summed E-state index contributed by atoms with van der Waals surface area (Å²) in [7, 11) is 0. The normalized spacial score (nSPS) is 13.5. The fraction of sp³-hybridized carbons (Fsp3) is 0.412. The van der Waals surface area contributed by atoms with Crippen molar-refractivity contribution in [2.24, 2.45) is 0 Å². The zero-order valence-electron chi connectivity index (χ0n) is 26.8. The van der Waals surface area contributed by atoms with Crippen LogP contribution in [0.5, 0.6) is 0 Å². The second kappa shape index (κ2) is 15.5. The van der Waals surface area contributed by atoms with E-state index in [-0.39, 0.29) is 11.7 Å². The summed E-state index contributed by atoms with van der Waals surface area (Å²) in [6.45, 7) is 14.4. The number of hydrogen-bond acceptors (Lipinski definition) is 7. The molecule has 0 radical (unpaired) electrons. The molecule has 0 saturated carbocycles. The summed E-state index contributed by atoms with van der Waals surface area (Å²) in [5, 5.41) is 8.52. The Bertz CT molecular complexity index is 1460. The SMILES string of the molecule is Cc1ccc(NC(=O)N(CCCN2CCOCC2)Cc2ccc(C(=O)Nc3ccccc3NC(=O)OC(C)(C)C)nc2)cc1C. The fourth-order valence-electron chi connectivity index (χ4n) is 4.76. The first-order chi connectivity index (χ1) is 21.5. The number of aryl methyl sites for hydroxylation is 2. The number of nitrogens with one attached hydrogen (secondary N) is 3. The molecule has 2 heterocycles. The van der Waals surface area contributed by atoms with E-state index in [1.807, 2.05) is 32.0 Å². The van der Waals surface area contributed by atoms with Crippen molar-refractivity contribution in [1.82, 2.24) is 14.8 Å². The lowest BCUT2D eigenvalue weighted by Gasteiger charge is -2.28. The van der Waals surface area contributed by atoms with Crippen LogP contribution in [-0.4, -0.2) is 77.8 Å². The molecule has 0 spiro atoms. The predicted molar refractivity (Wildman–Crippen MR) is 176 cm³/mol. The number of anilines is 3. The van der Waals surface area contributed by atoms with Crippen LogP contribution in [0.2, 0.25) is 0 Å². The van der Waals surface area contributed by atoms with Crippen LogP contribution in [0.25, 0.3) is 0 Å². The van der Waals surface area contributed by atoms with Crippen molar-refractivity contribution in [3.8, 4) is 0 Å². The lowest BCUT2D eigenvalue weighted by Crippen LogP contribution is -2.40. The van der Waals surface area contributed by atoms with Gasteiger partial charge in [0.2, 0.25) is 0 Å². The fourth-order valence-corrected chi connectivity index (χ4v) is 4.76. The van der Waals surface area contributed by atoms with Crippen molar-refractivity contribution in [2.45, 2.75) is 53.2 Å². The maximum atomic E-state index is 13.4. The van der Waals surface area contributed by atoms with Crippen molar-refractivity contribution in [3.63, 3.8) is 0 Å². The van der Waals surface area contributed by atoms with Gasteiger partial charge in [0.05, 0.1) is 24.6 Å². The highest BCUT2D eigenvalue weighted by molar-refractivity contribution is 6.05. The molecule has 240 valence electrons. The summed E-state index contributed by atoms with van der Waals surface area (Å²) in [6.07, 6.45) is 1.80. The van der Waals surface area contributed by atoms with E-state index in [4.69, 9.17) is 9.47 Å². The summed E-state index contributed by atoms with van der Waals surface area (Å²) in [5.74, 6) is -0.435. The number of aromatic nitrogens is 1. The second-order valence-electron chi connectivity index (χ2n) is 12.1. The number of pyridine rings is 1. The van der Waals surface area contributed by atoms with Crippen LogP contribution in [-0.2, 0) is 16.0 Å². The van der Waals surface area contributed by atoms with E-state index in [1.54, 1.807) is 68.3 Å². The van der Waals surface area contributed by atoms with Gasteiger partial charge in [-0.15, -0.1) is 0 Å². The summed E-state index contributed by atoms with van der Waals surface area (Å²) >= 11 is 0. The highest BCUT2D eigenvalue weighted by Crippen LogP contribution is 2.23. The molecule has 1 aliphatic heterocycles. The molecule has 11 nitrogen and oxygen atoms in total. The number of carbonyl (C=O) groups is 3. The number of amides is 4. The summed E-state index contributed by atoms with van der Waals surface area (Å²) in [4.78, 5) is 47.3. The monoisotopic (exact) mass is 616 g/mol. The van der Waals surface area contributed by atoms with Gasteiger partial charge in [0.15, 0.2) is 0 Å². The first kappa shape index (κ1) is 33.4. The Balaban J connectivity index is 1.41. The number of benzene rings is 2. The quantitative estimate of drug-likeness (QED) is 0.253. The Morgan fingerprint density at radius 1 is 0.933 bits per heavy atom. The number of nitrogens with zero attached hydrogens (tertiary/aromatic N) is 3. The lowest BCUT2D eigenvalue weighted by molar-refractivity contribution is 0.0365. The van der Waals surface area contributed by atoms with Gasteiger partial charge in [0, 0.05) is 44.6 Å². The van der Waals surface area contributed by atoms with Crippen molar-refractivity contribution in [3.05, 3.63) is 83.2 Å². The number of ether oxygens (including phenoxy) is 2. The average molecular weight is 617 g/mol. The summed E-state index contributed by atoms with van der Waals surface area (Å²) in [5.41, 5.74) is 4.15. The Morgan fingerprint density at radius 3 is 2.29 bits per heavy atom. The average Bonchev–Trinajstić information content (AvgIpc) is 2.99. The molecule has 0 aliphatic carbocycles. The van der Waals surface area contributed by atoms with E-state index < -0.39 is 17.6 Å². The highest BCUT2D eigenvalue weighted by Gasteiger charge is 2.19. The first-order valence-corrected chi connectivity index (χ1v) is 15.3. The predicted octanol–water partition coefficient (Wildman–Crippen LogP) is 6.05. The molecule has 3 N–H and O–H groups in total. The molecule has 3 aromatic rings. The third-order valence-corrected chi connectivity index (χ3v) is 7.29. The van der Waals surface area contributed by atoms with Gasteiger partial charge in [-0.2, -0.15) is 0 Å². The minimum Gasteiger partial charge on any atom is -0.444 e. The molecule has 0 unspecified atom stereocenters. The highest BCUT2D eigenvalue weighted by atomic mass is 16.6. The molecule has 4 amide bonds. The number of urea groups is 1. The standard InChI is InChI=1S/C34H44N6O5/c1-24-11-13-27(21-25(24)2)36-32(42)40(16-8-15-39-17-19-44-20-18-39)23-26-12-14-30(35-22-26)31(41)37-28-9-6-7-10-29(28)38-33(43)45-34(3,4)5/h6-7,9-14,21-22H,8,15-20,23H2,1-5H3,(H,36,42)(H,37,41)(H,38,43). The second-order valence-corrected chi connectivity index (χ2v) is 12.1. The number of para-hydroxylation sites is 2. The molecular weight excluding hydrogens is 572 g/mol. The molecule has 1 aromatic heterocycles. The zero-order chi connectivity index (χ0) is 32.4. The van der Waals surface area contributed by atoms with Gasteiger partial charge >= 0.3 is 12.1 Å². The van der Waals surface area contributed by atoms with E-state index in [0.29, 0.717) is 24.5 Å². The molecule has 11 heteroatoms. The Morgan fingerprint density at radius 2 is 1.64 bits per heavy atom. The lowest BCUT2D eigenvalue weighted by atomic mass is 10.1. The number of rotatable bonds is 10. The molecule has 45 heavy (non-hydrogen) atoms. The Labute approximate surface area is 265 Å². The maximum Gasteiger partial charge on any atom is 0.412 e. The van der Waals surface area contributed by atoms with Gasteiger partial charge in [0.1, 0.15) is 11.3 Å². The van der Waals surface area contributed by atoms with E-state index in [0.717, 1.165) is 61.6 Å². The van der Waals surface area contributed by atoms with Gasteiger partial charge in [0.25, 0.3) is 5.91 Å². The summed E-state index contributed by atoms with van der Waals surface area (Å²) < 4.78 is 10.8. The number of morpholine rings is 1. The van der Waals surface area contributed by atoms with Crippen molar-refractivity contribution in [2.75, 3.05) is 55.3 Å². The van der Waals surface area contributed by atoms with Crippen LogP contribution < -0.4 is 16.0 Å². The minimum absolute atomic E-state index is 0.198. The van der Waals surface area contributed by atoms with Crippen molar-refractivity contribution < 1.29 is 23.9 Å². The van der Waals surface area contributed by atoms with Crippen LogP contribution in [0, 0.1) is 13.8 Å². The summed E-state index contributed by atoms with van der Waals surface area (Å²) in [6, 6.07) is 15.9. The molecule has 4 rings (SSSR count). The molecule has 1 saturated heterocycles. The van der Waals surface area contributed by atoms with Crippen LogP contribution in [0.1, 0.15) is 54.4 Å². The van der Waals surface area contributed by atoms with Crippen LogP contribution in [0.4, 0.5) is 26.7 Å². The van der Waals surface area contributed by atoms with Gasteiger partial charge in [-0.05, 0) is 88.1 Å². The molecule has 0 bridgehead atoms. The van der Waals surface area contributed by atoms with E-state index >= 15 is 0 Å². The van der Waals surface area contributed by atoms with Gasteiger partial charge < -0.3 is 25.0 Å². The molecule has 1 aliphatic rings. The van der Waals surface area contributed by atoms with Crippen molar-refractivity contribution in [1.29, 1.82) is 0 Å².